The predicted molar refractivity (Wildman–Crippen MR) is 92.0 cm³/mol. The molecule has 0 N–H and O–H groups in total. The van der Waals surface area contributed by atoms with Gasteiger partial charge in [0.15, 0.2) is 5.78 Å². The number of ether oxygens (including phenoxy) is 1. The van der Waals surface area contributed by atoms with E-state index < -0.39 is 11.9 Å². The third kappa shape index (κ3) is 2.77. The molecule has 0 amide bonds. The maximum Gasteiger partial charge on any atom is 0.317 e. The van der Waals surface area contributed by atoms with Crippen LogP contribution in [0.3, 0.4) is 0 Å². The zero-order valence-electron chi connectivity index (χ0n) is 14.4. The molecule has 0 bridgehead atoms. The molecule has 126 valence electrons. The van der Waals surface area contributed by atoms with Gasteiger partial charge in [-0.05, 0) is 30.0 Å². The average Bonchev–Trinajstić information content (AvgIpc) is 3.08. The van der Waals surface area contributed by atoms with E-state index >= 15 is 0 Å². The number of nitrogens with zero attached hydrogens (tertiary/aromatic N) is 1. The van der Waals surface area contributed by atoms with Crippen LogP contribution in [0, 0.1) is 11.8 Å². The molecule has 1 aromatic heterocycles. The number of fused-ring (bicyclic) bond motifs is 1. The van der Waals surface area contributed by atoms with Gasteiger partial charge < -0.3 is 9.30 Å². The fraction of sp³-hybridized carbons (Fsp3) is 0.400. The van der Waals surface area contributed by atoms with Gasteiger partial charge in [0.2, 0.25) is 0 Å². The summed E-state index contributed by atoms with van der Waals surface area (Å²) < 4.78 is 7.13. The standard InChI is InChI=1S/C20H23NO3/c1-4-24-20(23)17-16(13(2)3)15-10-11-21(18(15)19(17)22)12-14-8-6-5-7-9-14/h5-11,13,16-17H,4,12H2,1-3H3/t16-,17+/m0/s1. The van der Waals surface area contributed by atoms with Crippen molar-refractivity contribution in [3.05, 3.63) is 59.4 Å². The van der Waals surface area contributed by atoms with E-state index in [2.05, 4.69) is 0 Å². The smallest absolute Gasteiger partial charge is 0.317 e. The first-order valence-corrected chi connectivity index (χ1v) is 8.48. The van der Waals surface area contributed by atoms with E-state index in [4.69, 9.17) is 4.74 Å². The van der Waals surface area contributed by atoms with Gasteiger partial charge in [-0.25, -0.2) is 0 Å². The van der Waals surface area contributed by atoms with Crippen LogP contribution in [0.1, 0.15) is 48.3 Å². The molecule has 0 radical (unpaired) electrons. The number of benzene rings is 1. The number of esters is 1. The molecular formula is C20H23NO3. The lowest BCUT2D eigenvalue weighted by molar-refractivity contribution is -0.147. The Labute approximate surface area is 142 Å². The second-order valence-electron chi connectivity index (χ2n) is 6.60. The Morgan fingerprint density at radius 3 is 2.54 bits per heavy atom. The fourth-order valence-electron chi connectivity index (χ4n) is 3.67. The second kappa shape index (κ2) is 6.63. The molecule has 0 saturated carbocycles. The number of carbonyl (C=O) groups is 2. The number of carbonyl (C=O) groups excluding carboxylic acids is 2. The highest BCUT2D eigenvalue weighted by Crippen LogP contribution is 2.43. The predicted octanol–water partition coefficient (Wildman–Crippen LogP) is 3.65. The Morgan fingerprint density at radius 1 is 1.21 bits per heavy atom. The molecule has 2 aromatic rings. The zero-order valence-corrected chi connectivity index (χ0v) is 14.4. The number of hydrogen-bond donors (Lipinski definition) is 0. The molecule has 1 heterocycles. The topological polar surface area (TPSA) is 48.3 Å². The number of Topliss-reactive ketones (excluding diaryl/α,β-unsaturated/α-hetero) is 1. The second-order valence-corrected chi connectivity index (χ2v) is 6.60. The van der Waals surface area contributed by atoms with E-state index in [1.54, 1.807) is 6.92 Å². The summed E-state index contributed by atoms with van der Waals surface area (Å²) in [5, 5.41) is 0. The molecule has 0 unspecified atom stereocenters. The van der Waals surface area contributed by atoms with E-state index in [-0.39, 0.29) is 17.6 Å². The van der Waals surface area contributed by atoms with Crippen LogP contribution in [0.25, 0.3) is 0 Å². The molecule has 1 aliphatic rings. The van der Waals surface area contributed by atoms with Crippen molar-refractivity contribution in [3.8, 4) is 0 Å². The molecule has 0 aliphatic heterocycles. The quantitative estimate of drug-likeness (QED) is 0.623. The van der Waals surface area contributed by atoms with Crippen molar-refractivity contribution >= 4 is 11.8 Å². The molecule has 2 atom stereocenters. The summed E-state index contributed by atoms with van der Waals surface area (Å²) in [6, 6.07) is 12.0. The van der Waals surface area contributed by atoms with E-state index in [9.17, 15) is 9.59 Å². The van der Waals surface area contributed by atoms with E-state index in [0.717, 1.165) is 11.1 Å². The van der Waals surface area contributed by atoms with Crippen LogP contribution in [0.2, 0.25) is 0 Å². The van der Waals surface area contributed by atoms with Crippen LogP contribution in [0.15, 0.2) is 42.6 Å². The maximum absolute atomic E-state index is 13.0. The van der Waals surface area contributed by atoms with Crippen LogP contribution < -0.4 is 0 Å². The highest BCUT2D eigenvalue weighted by atomic mass is 16.5. The summed E-state index contributed by atoms with van der Waals surface area (Å²) >= 11 is 0. The van der Waals surface area contributed by atoms with Gasteiger partial charge >= 0.3 is 5.97 Å². The van der Waals surface area contributed by atoms with Crippen molar-refractivity contribution in [3.63, 3.8) is 0 Å². The van der Waals surface area contributed by atoms with E-state index in [0.29, 0.717) is 18.8 Å². The summed E-state index contributed by atoms with van der Waals surface area (Å²) in [5.74, 6) is -1.13. The Balaban J connectivity index is 1.97. The lowest BCUT2D eigenvalue weighted by Crippen LogP contribution is -2.29. The van der Waals surface area contributed by atoms with Crippen LogP contribution >= 0.6 is 0 Å². The fourth-order valence-corrected chi connectivity index (χ4v) is 3.67. The van der Waals surface area contributed by atoms with Gasteiger partial charge in [0.1, 0.15) is 5.92 Å². The summed E-state index contributed by atoms with van der Waals surface area (Å²) in [4.78, 5) is 25.3. The van der Waals surface area contributed by atoms with Crippen LogP contribution in [0.5, 0.6) is 0 Å². The average molecular weight is 325 g/mol. The van der Waals surface area contributed by atoms with Crippen LogP contribution in [-0.2, 0) is 16.1 Å². The van der Waals surface area contributed by atoms with Crippen molar-refractivity contribution in [1.29, 1.82) is 0 Å². The summed E-state index contributed by atoms with van der Waals surface area (Å²) in [7, 11) is 0. The van der Waals surface area contributed by atoms with Crippen molar-refractivity contribution in [2.75, 3.05) is 6.61 Å². The van der Waals surface area contributed by atoms with Crippen molar-refractivity contribution < 1.29 is 14.3 Å². The first-order valence-electron chi connectivity index (χ1n) is 8.48. The molecule has 24 heavy (non-hydrogen) atoms. The molecule has 1 aliphatic carbocycles. The molecule has 4 nitrogen and oxygen atoms in total. The molecule has 1 aromatic carbocycles. The molecule has 0 saturated heterocycles. The lowest BCUT2D eigenvalue weighted by atomic mass is 9.83. The highest BCUT2D eigenvalue weighted by molar-refractivity contribution is 6.12. The molecule has 0 spiro atoms. The minimum atomic E-state index is -0.710. The number of rotatable bonds is 5. The summed E-state index contributed by atoms with van der Waals surface area (Å²) in [5.41, 5.74) is 2.77. The van der Waals surface area contributed by atoms with E-state index in [1.807, 2.05) is 61.0 Å². The van der Waals surface area contributed by atoms with Crippen molar-refractivity contribution in [2.45, 2.75) is 33.2 Å². The van der Waals surface area contributed by atoms with Gasteiger partial charge in [-0.3, -0.25) is 9.59 Å². The largest absolute Gasteiger partial charge is 0.465 e. The van der Waals surface area contributed by atoms with Gasteiger partial charge in [0.25, 0.3) is 0 Å². The first-order chi connectivity index (χ1) is 11.5. The zero-order chi connectivity index (χ0) is 17.3. The molecule has 4 heteroatoms. The third-order valence-corrected chi connectivity index (χ3v) is 4.68. The number of aromatic nitrogens is 1. The minimum Gasteiger partial charge on any atom is -0.465 e. The van der Waals surface area contributed by atoms with E-state index in [1.165, 1.54) is 0 Å². The highest BCUT2D eigenvalue weighted by Gasteiger charge is 2.48. The van der Waals surface area contributed by atoms with Crippen molar-refractivity contribution in [2.24, 2.45) is 11.8 Å². The molecular weight excluding hydrogens is 302 g/mol. The van der Waals surface area contributed by atoms with Gasteiger partial charge in [-0.1, -0.05) is 44.2 Å². The van der Waals surface area contributed by atoms with Crippen molar-refractivity contribution in [1.82, 2.24) is 4.57 Å². The summed E-state index contributed by atoms with van der Waals surface area (Å²) in [6.07, 6.45) is 1.95. The Kier molecular flexibility index (Phi) is 4.56. The molecule has 3 rings (SSSR count). The Bertz CT molecular complexity index is 745. The number of hydrogen-bond acceptors (Lipinski definition) is 3. The van der Waals surface area contributed by atoms with Crippen LogP contribution in [0.4, 0.5) is 0 Å². The minimum absolute atomic E-state index is 0.108. The Morgan fingerprint density at radius 2 is 1.92 bits per heavy atom. The van der Waals surface area contributed by atoms with Gasteiger partial charge in [0.05, 0.1) is 12.3 Å². The van der Waals surface area contributed by atoms with Gasteiger partial charge in [-0.2, -0.15) is 0 Å². The van der Waals surface area contributed by atoms with Gasteiger partial charge in [-0.15, -0.1) is 0 Å². The third-order valence-electron chi connectivity index (χ3n) is 4.68. The monoisotopic (exact) mass is 325 g/mol. The molecule has 0 fully saturated rings. The SMILES string of the molecule is CCOC(=O)[C@H]1C(=O)c2c(ccn2Cc2ccccc2)[C@@H]1C(C)C. The Hall–Kier alpha value is -2.36. The normalized spacial score (nSPS) is 19.6. The first kappa shape index (κ1) is 16.5. The lowest BCUT2D eigenvalue weighted by Gasteiger charge is -2.21. The summed E-state index contributed by atoms with van der Waals surface area (Å²) in [6.45, 7) is 6.79. The maximum atomic E-state index is 13.0. The van der Waals surface area contributed by atoms with Crippen LogP contribution in [-0.4, -0.2) is 22.9 Å². The van der Waals surface area contributed by atoms with Gasteiger partial charge in [0, 0.05) is 18.7 Å². The number of ketones is 1.